The molecule has 2 atom stereocenters. The molecule has 76 valence electrons. The molecule has 13 heavy (non-hydrogen) atoms. The first-order chi connectivity index (χ1) is 5.25. The Bertz CT molecular complexity index is 247. The van der Waals surface area contributed by atoms with Crippen LogP contribution in [0, 0.1) is 0 Å². The standard InChI is InChI=1S/C5H13NO5S.Na.H/c1-4(8)5(6,2-3-7)12(9,10)11;;/h4,7-8H,2-3,6H2,1H3,(H,9,10,11);;/q;+1;-1. The number of nitrogens with two attached hydrogens (primary N) is 1. The van der Waals surface area contributed by atoms with E-state index >= 15 is 0 Å². The third kappa shape index (κ3) is 3.80. The predicted octanol–water partition coefficient (Wildman–Crippen LogP) is -4.59. The molecule has 0 aliphatic rings. The van der Waals surface area contributed by atoms with Crippen LogP contribution in [0.5, 0.6) is 0 Å². The van der Waals surface area contributed by atoms with Gasteiger partial charge in [0.15, 0.2) is 4.87 Å². The average Bonchev–Trinajstić information content (AvgIpc) is 1.85. The molecule has 0 fully saturated rings. The van der Waals surface area contributed by atoms with Gasteiger partial charge in [0, 0.05) is 13.0 Å². The maximum atomic E-state index is 10.6. The van der Waals surface area contributed by atoms with E-state index in [-0.39, 0.29) is 31.0 Å². The third-order valence-electron chi connectivity index (χ3n) is 1.69. The van der Waals surface area contributed by atoms with E-state index < -0.39 is 34.1 Å². The van der Waals surface area contributed by atoms with Gasteiger partial charge in [-0.1, -0.05) is 0 Å². The summed E-state index contributed by atoms with van der Waals surface area (Å²) in [5, 5.41) is 17.4. The molecule has 0 saturated carbocycles. The Hall–Kier alpha value is 0.790. The van der Waals surface area contributed by atoms with E-state index in [1.165, 1.54) is 0 Å². The zero-order chi connectivity index (χ0) is 9.99. The van der Waals surface area contributed by atoms with Gasteiger partial charge in [-0.3, -0.25) is 4.55 Å². The van der Waals surface area contributed by atoms with Crippen LogP contribution in [0.15, 0.2) is 0 Å². The summed E-state index contributed by atoms with van der Waals surface area (Å²) >= 11 is 0. The second-order valence-corrected chi connectivity index (χ2v) is 4.29. The molecular formula is C5H14NNaO5S. The summed E-state index contributed by atoms with van der Waals surface area (Å²) in [4.78, 5) is -2.18. The Morgan fingerprint density at radius 3 is 2.08 bits per heavy atom. The van der Waals surface area contributed by atoms with Crippen molar-refractivity contribution in [1.29, 1.82) is 0 Å². The molecule has 0 aromatic rings. The van der Waals surface area contributed by atoms with Crippen LogP contribution < -0.4 is 35.3 Å². The van der Waals surface area contributed by atoms with Crippen LogP contribution in [0.25, 0.3) is 0 Å². The SMILES string of the molecule is CC(O)C(N)(CCO)S(=O)(=O)O.[H-].[Na+]. The number of aliphatic hydroxyl groups is 2. The molecule has 0 saturated heterocycles. The van der Waals surface area contributed by atoms with Gasteiger partial charge in [0.2, 0.25) is 0 Å². The van der Waals surface area contributed by atoms with Crippen molar-refractivity contribution in [1.82, 2.24) is 0 Å². The van der Waals surface area contributed by atoms with Crippen LogP contribution in [0.3, 0.4) is 0 Å². The van der Waals surface area contributed by atoms with Gasteiger partial charge in [-0.05, 0) is 6.92 Å². The van der Waals surface area contributed by atoms with Crippen LogP contribution in [-0.4, -0.2) is 40.8 Å². The molecule has 0 radical (unpaired) electrons. The van der Waals surface area contributed by atoms with Crippen LogP contribution in [0.2, 0.25) is 0 Å². The molecule has 0 heterocycles. The van der Waals surface area contributed by atoms with Gasteiger partial charge in [0.05, 0.1) is 6.10 Å². The largest absolute Gasteiger partial charge is 1.00 e. The quantitative estimate of drug-likeness (QED) is 0.281. The summed E-state index contributed by atoms with van der Waals surface area (Å²) in [6.45, 7) is 0.602. The predicted molar refractivity (Wildman–Crippen MR) is 43.0 cm³/mol. The van der Waals surface area contributed by atoms with Gasteiger partial charge < -0.3 is 17.4 Å². The Labute approximate surface area is 101 Å². The van der Waals surface area contributed by atoms with E-state index in [4.69, 9.17) is 20.5 Å². The minimum atomic E-state index is -4.56. The van der Waals surface area contributed by atoms with Crippen molar-refractivity contribution >= 4 is 10.1 Å². The molecule has 0 amide bonds. The van der Waals surface area contributed by atoms with Crippen molar-refractivity contribution < 1.29 is 54.2 Å². The fourth-order valence-corrected chi connectivity index (χ4v) is 1.51. The van der Waals surface area contributed by atoms with Crippen molar-refractivity contribution in [3.05, 3.63) is 0 Å². The minimum absolute atomic E-state index is 0. The molecule has 0 spiro atoms. The molecule has 0 bridgehead atoms. The van der Waals surface area contributed by atoms with Crippen molar-refractivity contribution in [3.8, 4) is 0 Å². The van der Waals surface area contributed by atoms with Crippen molar-refractivity contribution in [3.63, 3.8) is 0 Å². The van der Waals surface area contributed by atoms with Crippen molar-refractivity contribution in [2.45, 2.75) is 24.3 Å². The van der Waals surface area contributed by atoms with Gasteiger partial charge in [0.1, 0.15) is 0 Å². The zero-order valence-electron chi connectivity index (χ0n) is 8.64. The molecule has 0 aromatic carbocycles. The molecule has 2 unspecified atom stereocenters. The fourth-order valence-electron chi connectivity index (χ4n) is 0.728. The minimum Gasteiger partial charge on any atom is -1.00 e. The molecule has 0 rings (SSSR count). The Kier molecular flexibility index (Phi) is 7.01. The van der Waals surface area contributed by atoms with Crippen LogP contribution >= 0.6 is 0 Å². The second kappa shape index (κ2) is 5.62. The van der Waals surface area contributed by atoms with Gasteiger partial charge in [-0.15, -0.1) is 0 Å². The van der Waals surface area contributed by atoms with Gasteiger partial charge >= 0.3 is 29.6 Å². The second-order valence-electron chi connectivity index (χ2n) is 2.58. The zero-order valence-corrected chi connectivity index (χ0v) is 10.5. The summed E-state index contributed by atoms with van der Waals surface area (Å²) in [7, 11) is -4.56. The monoisotopic (exact) mass is 223 g/mol. The average molecular weight is 223 g/mol. The molecule has 0 aliphatic heterocycles. The van der Waals surface area contributed by atoms with E-state index in [1.807, 2.05) is 0 Å². The number of aliphatic hydroxyl groups excluding tert-OH is 2. The van der Waals surface area contributed by atoms with Crippen LogP contribution in [0.4, 0.5) is 0 Å². The fraction of sp³-hybridized carbons (Fsp3) is 1.00. The van der Waals surface area contributed by atoms with Crippen molar-refractivity contribution in [2.75, 3.05) is 6.61 Å². The van der Waals surface area contributed by atoms with Gasteiger partial charge in [-0.2, -0.15) is 8.42 Å². The smallest absolute Gasteiger partial charge is 1.00 e. The Morgan fingerprint density at radius 1 is 1.62 bits per heavy atom. The first-order valence-corrected chi connectivity index (χ1v) is 4.74. The topological polar surface area (TPSA) is 121 Å². The molecule has 5 N–H and O–H groups in total. The number of hydrogen-bond acceptors (Lipinski definition) is 5. The van der Waals surface area contributed by atoms with E-state index in [1.54, 1.807) is 0 Å². The maximum Gasteiger partial charge on any atom is 1.00 e. The normalized spacial score (nSPS) is 18.5. The van der Waals surface area contributed by atoms with Gasteiger partial charge in [0.25, 0.3) is 10.1 Å². The molecule has 0 aromatic heterocycles. The van der Waals surface area contributed by atoms with Crippen molar-refractivity contribution in [2.24, 2.45) is 5.73 Å². The Morgan fingerprint density at radius 2 is 2.00 bits per heavy atom. The first kappa shape index (κ1) is 16.2. The van der Waals surface area contributed by atoms with Gasteiger partial charge in [-0.25, -0.2) is 0 Å². The summed E-state index contributed by atoms with van der Waals surface area (Å²) < 4.78 is 29.9. The maximum absolute atomic E-state index is 10.6. The summed E-state index contributed by atoms with van der Waals surface area (Å²) in [6, 6.07) is 0. The Balaban J connectivity index is -0.000000605. The van der Waals surface area contributed by atoms with E-state index in [0.717, 1.165) is 6.92 Å². The number of rotatable bonds is 4. The molecule has 8 heteroatoms. The molecular weight excluding hydrogens is 209 g/mol. The molecule has 0 aliphatic carbocycles. The summed E-state index contributed by atoms with van der Waals surface area (Å²) in [5.74, 6) is 0. The summed E-state index contributed by atoms with van der Waals surface area (Å²) in [6.07, 6.45) is -1.86. The molecule has 6 nitrogen and oxygen atoms in total. The number of hydrogen-bond donors (Lipinski definition) is 4. The third-order valence-corrected chi connectivity index (χ3v) is 3.20. The first-order valence-electron chi connectivity index (χ1n) is 3.30. The van der Waals surface area contributed by atoms with E-state index in [0.29, 0.717) is 0 Å². The van der Waals surface area contributed by atoms with E-state index in [2.05, 4.69) is 0 Å². The van der Waals surface area contributed by atoms with Crippen LogP contribution in [0.1, 0.15) is 14.8 Å². The summed E-state index contributed by atoms with van der Waals surface area (Å²) in [5.41, 5.74) is 5.18. The van der Waals surface area contributed by atoms with Crippen LogP contribution in [-0.2, 0) is 10.1 Å². The van der Waals surface area contributed by atoms with E-state index in [9.17, 15) is 8.42 Å².